The largest absolute Gasteiger partial charge is 1.00 e. The van der Waals surface area contributed by atoms with E-state index in [-0.39, 0.29) is 18.3 Å². The predicted molar refractivity (Wildman–Crippen MR) is 49.6 cm³/mol. The smallest absolute Gasteiger partial charge is 0.291 e. The standard InChI is InChI=1S/C9H18N2O.ClH/c1-6-11(5)10-9(12)8(4)7(2)3;/h6H2,1-5H3,(H,10,12);1H. The van der Waals surface area contributed by atoms with E-state index >= 15 is 0 Å². The lowest BCUT2D eigenvalue weighted by molar-refractivity contribution is -0.914. The zero-order chi connectivity index (χ0) is 9.72. The summed E-state index contributed by atoms with van der Waals surface area (Å²) in [5, 5.41) is 1.01. The van der Waals surface area contributed by atoms with Gasteiger partial charge in [-0.25, -0.2) is 5.01 Å². The van der Waals surface area contributed by atoms with Crippen molar-refractivity contribution in [1.29, 1.82) is 0 Å². The van der Waals surface area contributed by atoms with E-state index in [1.54, 1.807) is 0 Å². The second kappa shape index (κ2) is 6.92. The molecule has 1 atom stereocenters. The molecule has 0 aliphatic rings. The lowest BCUT2D eigenvalue weighted by atomic mass is 10.2. The van der Waals surface area contributed by atoms with Gasteiger partial charge in [0.1, 0.15) is 0 Å². The highest BCUT2D eigenvalue weighted by Crippen LogP contribution is 1.99. The van der Waals surface area contributed by atoms with E-state index in [2.05, 4.69) is 5.43 Å². The van der Waals surface area contributed by atoms with Gasteiger partial charge >= 0.3 is 0 Å². The van der Waals surface area contributed by atoms with Gasteiger partial charge in [-0.2, -0.15) is 5.43 Å². The molecule has 0 aromatic heterocycles. The number of quaternary nitrogens is 1. The van der Waals surface area contributed by atoms with Crippen LogP contribution in [0.5, 0.6) is 0 Å². The van der Waals surface area contributed by atoms with Crippen LogP contribution in [0, 0.1) is 0 Å². The van der Waals surface area contributed by atoms with E-state index in [0.29, 0.717) is 0 Å². The number of carbonyl (C=O) groups excluding carboxylic acids is 1. The third kappa shape index (κ3) is 5.66. The molecule has 0 bridgehead atoms. The van der Waals surface area contributed by atoms with Gasteiger partial charge in [-0.15, -0.1) is 0 Å². The highest BCUT2D eigenvalue weighted by molar-refractivity contribution is 5.92. The minimum absolute atomic E-state index is 0. The number of hydrogen-bond donors (Lipinski definition) is 2. The van der Waals surface area contributed by atoms with Gasteiger partial charge in [0.2, 0.25) is 0 Å². The van der Waals surface area contributed by atoms with Crippen LogP contribution in [0.15, 0.2) is 11.1 Å². The highest BCUT2D eigenvalue weighted by Gasteiger charge is 2.08. The van der Waals surface area contributed by atoms with E-state index in [4.69, 9.17) is 0 Å². The summed E-state index contributed by atoms with van der Waals surface area (Å²) in [5.41, 5.74) is 4.70. The molecule has 0 aliphatic carbocycles. The van der Waals surface area contributed by atoms with Crippen LogP contribution in [0.25, 0.3) is 0 Å². The minimum atomic E-state index is 0. The van der Waals surface area contributed by atoms with Gasteiger partial charge < -0.3 is 12.4 Å². The summed E-state index contributed by atoms with van der Waals surface area (Å²) < 4.78 is 0. The molecule has 0 radical (unpaired) electrons. The van der Waals surface area contributed by atoms with Crippen LogP contribution in [0.3, 0.4) is 0 Å². The van der Waals surface area contributed by atoms with E-state index in [1.165, 1.54) is 0 Å². The normalized spacial score (nSPS) is 11.2. The van der Waals surface area contributed by atoms with E-state index < -0.39 is 0 Å². The van der Waals surface area contributed by atoms with Crippen molar-refractivity contribution in [2.45, 2.75) is 27.7 Å². The summed E-state index contributed by atoms with van der Waals surface area (Å²) in [5.74, 6) is 0.0225. The number of allylic oxidation sites excluding steroid dienone is 1. The highest BCUT2D eigenvalue weighted by atomic mass is 35.5. The first-order valence-corrected chi connectivity index (χ1v) is 4.26. The number of amides is 1. The molecule has 0 aromatic carbocycles. The molecule has 0 saturated heterocycles. The Hall–Kier alpha value is -0.540. The molecule has 1 amide bonds. The second-order valence-corrected chi connectivity index (χ2v) is 3.21. The molecule has 4 heteroatoms. The first-order valence-electron chi connectivity index (χ1n) is 4.26. The number of carbonyl (C=O) groups is 1. The Kier molecular flexibility index (Phi) is 7.96. The molecule has 0 heterocycles. The Bertz CT molecular complexity index is 198. The quantitative estimate of drug-likeness (QED) is 0.373. The summed E-state index contributed by atoms with van der Waals surface area (Å²) in [6.07, 6.45) is 0. The van der Waals surface area contributed by atoms with Gasteiger partial charge in [0.25, 0.3) is 5.91 Å². The minimum Gasteiger partial charge on any atom is -1.00 e. The number of halogens is 1. The topological polar surface area (TPSA) is 33.5 Å². The van der Waals surface area contributed by atoms with Crippen molar-refractivity contribution in [2.24, 2.45) is 0 Å². The zero-order valence-electron chi connectivity index (χ0n) is 8.99. The summed E-state index contributed by atoms with van der Waals surface area (Å²) in [4.78, 5) is 11.4. The number of nitrogens with one attached hydrogen (secondary N) is 2. The summed E-state index contributed by atoms with van der Waals surface area (Å²) >= 11 is 0. The van der Waals surface area contributed by atoms with E-state index in [9.17, 15) is 4.79 Å². The first-order chi connectivity index (χ1) is 5.49. The van der Waals surface area contributed by atoms with Crippen LogP contribution < -0.4 is 22.8 Å². The van der Waals surface area contributed by atoms with Crippen molar-refractivity contribution in [3.63, 3.8) is 0 Å². The van der Waals surface area contributed by atoms with Gasteiger partial charge in [-0.05, 0) is 27.7 Å². The number of rotatable bonds is 3. The van der Waals surface area contributed by atoms with Crippen molar-refractivity contribution in [1.82, 2.24) is 5.43 Å². The number of hydrogen-bond acceptors (Lipinski definition) is 1. The Labute approximate surface area is 86.6 Å². The molecule has 0 saturated carbocycles. The second-order valence-electron chi connectivity index (χ2n) is 3.21. The molecular weight excluding hydrogens is 188 g/mol. The Balaban J connectivity index is 0. The maximum absolute atomic E-state index is 11.4. The predicted octanol–water partition coefficient (Wildman–Crippen LogP) is -3.09. The van der Waals surface area contributed by atoms with Crippen molar-refractivity contribution < 1.29 is 22.2 Å². The van der Waals surface area contributed by atoms with Crippen molar-refractivity contribution >= 4 is 5.91 Å². The van der Waals surface area contributed by atoms with Gasteiger partial charge in [-0.1, -0.05) is 5.57 Å². The molecule has 13 heavy (non-hydrogen) atoms. The average molecular weight is 207 g/mol. The molecular formula is C9H19ClN2O. The summed E-state index contributed by atoms with van der Waals surface area (Å²) in [6, 6.07) is 0. The SMILES string of the molecule is CC[NH+](C)NC(=O)C(C)=C(C)C.[Cl-]. The fourth-order valence-electron chi connectivity index (χ4n) is 0.603. The molecule has 1 unspecified atom stereocenters. The van der Waals surface area contributed by atoms with Crippen LogP contribution >= 0.6 is 0 Å². The maximum atomic E-state index is 11.4. The van der Waals surface area contributed by atoms with Crippen LogP contribution in [0.1, 0.15) is 27.7 Å². The fourth-order valence-corrected chi connectivity index (χ4v) is 0.603. The van der Waals surface area contributed by atoms with Crippen LogP contribution in [-0.2, 0) is 4.79 Å². The van der Waals surface area contributed by atoms with Crippen molar-refractivity contribution in [3.8, 4) is 0 Å². The lowest BCUT2D eigenvalue weighted by Crippen LogP contribution is -3.16. The zero-order valence-corrected chi connectivity index (χ0v) is 9.75. The van der Waals surface area contributed by atoms with Gasteiger partial charge in [-0.3, -0.25) is 4.79 Å². The molecule has 2 N–H and O–H groups in total. The maximum Gasteiger partial charge on any atom is 0.291 e. The average Bonchev–Trinajstić information content (AvgIpc) is 2.02. The molecule has 3 nitrogen and oxygen atoms in total. The van der Waals surface area contributed by atoms with Crippen LogP contribution in [0.2, 0.25) is 0 Å². The van der Waals surface area contributed by atoms with E-state index in [1.807, 2.05) is 34.7 Å². The molecule has 0 spiro atoms. The van der Waals surface area contributed by atoms with Gasteiger partial charge in [0.05, 0.1) is 13.6 Å². The van der Waals surface area contributed by atoms with E-state index in [0.717, 1.165) is 22.7 Å². The molecule has 78 valence electrons. The van der Waals surface area contributed by atoms with Crippen LogP contribution in [0.4, 0.5) is 0 Å². The van der Waals surface area contributed by atoms with Gasteiger partial charge in [0, 0.05) is 5.57 Å². The summed E-state index contributed by atoms with van der Waals surface area (Å²) in [6.45, 7) is 8.63. The molecule has 0 aliphatic heterocycles. The third-order valence-corrected chi connectivity index (χ3v) is 1.95. The lowest BCUT2D eigenvalue weighted by Gasteiger charge is -2.12. The van der Waals surface area contributed by atoms with Crippen molar-refractivity contribution in [3.05, 3.63) is 11.1 Å². The Morgan fingerprint density at radius 3 is 2.08 bits per heavy atom. The molecule has 0 fully saturated rings. The molecule has 0 rings (SSSR count). The van der Waals surface area contributed by atoms with Gasteiger partial charge in [0.15, 0.2) is 0 Å². The Morgan fingerprint density at radius 2 is 1.77 bits per heavy atom. The first kappa shape index (κ1) is 15.0. The third-order valence-electron chi connectivity index (χ3n) is 1.95. The van der Waals surface area contributed by atoms with Crippen LogP contribution in [-0.4, -0.2) is 19.5 Å². The fraction of sp³-hybridized carbons (Fsp3) is 0.667. The summed E-state index contributed by atoms with van der Waals surface area (Å²) in [7, 11) is 1.93. The monoisotopic (exact) mass is 206 g/mol. The molecule has 0 aromatic rings. The Morgan fingerprint density at radius 1 is 1.31 bits per heavy atom. The van der Waals surface area contributed by atoms with Crippen molar-refractivity contribution in [2.75, 3.05) is 13.6 Å².